The van der Waals surface area contributed by atoms with Crippen molar-refractivity contribution in [3.8, 4) is 0 Å². The molecule has 29 heavy (non-hydrogen) atoms. The van der Waals surface area contributed by atoms with Crippen LogP contribution < -0.4 is 5.43 Å². The average Bonchev–Trinajstić information content (AvgIpc) is 3.43. The molecule has 0 aliphatic rings. The average molecular weight is 441 g/mol. The van der Waals surface area contributed by atoms with Crippen LogP contribution in [0.4, 0.5) is 0 Å². The van der Waals surface area contributed by atoms with Crippen molar-refractivity contribution in [3.05, 3.63) is 72.2 Å². The van der Waals surface area contributed by atoms with Gasteiger partial charge in [-0.2, -0.15) is 5.10 Å². The van der Waals surface area contributed by atoms with Gasteiger partial charge in [-0.05, 0) is 28.5 Å². The third-order valence-electron chi connectivity index (χ3n) is 3.87. The molecule has 0 saturated carbocycles. The van der Waals surface area contributed by atoms with Gasteiger partial charge in [-0.25, -0.2) is 5.43 Å². The Morgan fingerprint density at radius 1 is 1.07 bits per heavy atom. The minimum Gasteiger partial charge on any atom is -0.463 e. The largest absolute Gasteiger partial charge is 0.463 e. The fraction of sp³-hybridized carbons (Fsp3) is 0.100. The number of nitrogens with one attached hydrogen (secondary N) is 1. The molecule has 2 aromatic heterocycles. The maximum atomic E-state index is 11.9. The molecule has 0 aliphatic heterocycles. The first-order valence-electron chi connectivity index (χ1n) is 8.69. The van der Waals surface area contributed by atoms with E-state index in [0.717, 1.165) is 14.4 Å². The summed E-state index contributed by atoms with van der Waals surface area (Å²) in [6.07, 6.45) is 3.00. The number of hydrazone groups is 1. The van der Waals surface area contributed by atoms with E-state index in [0.29, 0.717) is 5.76 Å². The van der Waals surface area contributed by atoms with E-state index >= 15 is 0 Å². The third-order valence-corrected chi connectivity index (χ3v) is 7.11. The molecule has 4 rings (SSSR count). The maximum absolute atomic E-state index is 11.9. The summed E-state index contributed by atoms with van der Waals surface area (Å²) in [5.41, 5.74) is 3.73. The van der Waals surface area contributed by atoms with Crippen molar-refractivity contribution in [2.24, 2.45) is 5.10 Å². The lowest BCUT2D eigenvalue weighted by molar-refractivity contribution is -0.118. The van der Waals surface area contributed by atoms with E-state index in [9.17, 15) is 4.79 Å². The Bertz CT molecular complexity index is 1120. The van der Waals surface area contributed by atoms with Crippen molar-refractivity contribution in [3.63, 3.8) is 0 Å². The molecule has 6 nitrogen and oxygen atoms in total. The van der Waals surface area contributed by atoms with Crippen LogP contribution in [0.25, 0.3) is 10.8 Å². The minimum atomic E-state index is -0.210. The topological polar surface area (TPSA) is 80.4 Å². The van der Waals surface area contributed by atoms with Gasteiger partial charge in [-0.1, -0.05) is 77.3 Å². The van der Waals surface area contributed by atoms with Gasteiger partial charge in [0.2, 0.25) is 0 Å². The van der Waals surface area contributed by atoms with Crippen LogP contribution >= 0.6 is 34.9 Å². The second kappa shape index (κ2) is 9.73. The number of benzene rings is 2. The van der Waals surface area contributed by atoms with Gasteiger partial charge < -0.3 is 4.42 Å². The van der Waals surface area contributed by atoms with Crippen molar-refractivity contribution in [1.29, 1.82) is 0 Å². The molecule has 9 heteroatoms. The first kappa shape index (κ1) is 19.7. The van der Waals surface area contributed by atoms with Crippen molar-refractivity contribution >= 4 is 57.8 Å². The van der Waals surface area contributed by atoms with Crippen LogP contribution in [0.15, 0.2) is 79.1 Å². The monoisotopic (exact) mass is 440 g/mol. The zero-order chi connectivity index (χ0) is 19.9. The van der Waals surface area contributed by atoms with Crippen molar-refractivity contribution in [1.82, 2.24) is 15.6 Å². The van der Waals surface area contributed by atoms with E-state index in [1.54, 1.807) is 30.2 Å². The molecular weight excluding hydrogens is 424 g/mol. The van der Waals surface area contributed by atoms with Gasteiger partial charge in [0.05, 0.1) is 18.2 Å². The normalized spacial score (nSPS) is 11.3. The molecule has 0 fully saturated rings. The summed E-state index contributed by atoms with van der Waals surface area (Å²) in [5, 5.41) is 14.7. The van der Waals surface area contributed by atoms with Crippen LogP contribution in [0, 0.1) is 0 Å². The fourth-order valence-corrected chi connectivity index (χ4v) is 5.38. The lowest BCUT2D eigenvalue weighted by Gasteiger charge is -2.04. The zero-order valence-corrected chi connectivity index (χ0v) is 17.6. The molecule has 4 aromatic rings. The highest BCUT2D eigenvalue weighted by Gasteiger charge is 2.09. The van der Waals surface area contributed by atoms with Crippen molar-refractivity contribution in [2.45, 2.75) is 14.4 Å². The zero-order valence-electron chi connectivity index (χ0n) is 15.1. The summed E-state index contributed by atoms with van der Waals surface area (Å²) in [6.45, 7) is 0. The summed E-state index contributed by atoms with van der Waals surface area (Å²) >= 11 is 4.49. The predicted octanol–water partition coefficient (Wildman–Crippen LogP) is 4.82. The quantitative estimate of drug-likeness (QED) is 0.240. The smallest absolute Gasteiger partial charge is 0.250 e. The van der Waals surface area contributed by atoms with Crippen LogP contribution in [0.2, 0.25) is 0 Å². The lowest BCUT2D eigenvalue weighted by atomic mass is 10.1. The maximum Gasteiger partial charge on any atom is 0.250 e. The Labute approximate surface area is 179 Å². The Morgan fingerprint density at radius 2 is 1.90 bits per heavy atom. The van der Waals surface area contributed by atoms with E-state index in [4.69, 9.17) is 4.42 Å². The number of hydrogen-bond donors (Lipinski definition) is 1. The SMILES string of the molecule is O=C(CSc1nnc(SCc2cccc3ccccc23)s1)N/N=C/c1ccco1. The molecule has 0 bridgehead atoms. The molecule has 146 valence electrons. The van der Waals surface area contributed by atoms with Gasteiger partial charge in [0.15, 0.2) is 8.68 Å². The highest BCUT2D eigenvalue weighted by molar-refractivity contribution is 8.03. The number of aromatic nitrogens is 2. The summed E-state index contributed by atoms with van der Waals surface area (Å²) in [4.78, 5) is 11.9. The third kappa shape index (κ3) is 5.47. The molecule has 0 radical (unpaired) electrons. The van der Waals surface area contributed by atoms with Crippen LogP contribution in [-0.2, 0) is 10.5 Å². The van der Waals surface area contributed by atoms with Crippen LogP contribution in [0.5, 0.6) is 0 Å². The van der Waals surface area contributed by atoms with E-state index in [1.165, 1.54) is 45.6 Å². The number of nitrogens with zero attached hydrogens (tertiary/aromatic N) is 3. The van der Waals surface area contributed by atoms with Gasteiger partial charge in [0, 0.05) is 5.75 Å². The first-order valence-corrected chi connectivity index (χ1v) is 11.5. The molecule has 2 heterocycles. The first-order chi connectivity index (χ1) is 14.3. The predicted molar refractivity (Wildman–Crippen MR) is 119 cm³/mol. The summed E-state index contributed by atoms with van der Waals surface area (Å²) in [7, 11) is 0. The Hall–Kier alpha value is -2.62. The summed E-state index contributed by atoms with van der Waals surface area (Å²) in [5.74, 6) is 1.41. The van der Waals surface area contributed by atoms with Crippen molar-refractivity contribution < 1.29 is 9.21 Å². The van der Waals surface area contributed by atoms with Crippen LogP contribution in [0.1, 0.15) is 11.3 Å². The van der Waals surface area contributed by atoms with Gasteiger partial charge in [-0.3, -0.25) is 4.79 Å². The van der Waals surface area contributed by atoms with E-state index in [2.05, 4.69) is 57.1 Å². The molecule has 0 atom stereocenters. The molecule has 1 amide bonds. The summed E-state index contributed by atoms with van der Waals surface area (Å²) in [6, 6.07) is 18.2. The van der Waals surface area contributed by atoms with Crippen LogP contribution in [-0.4, -0.2) is 28.1 Å². The number of furan rings is 1. The van der Waals surface area contributed by atoms with E-state index in [-0.39, 0.29) is 11.7 Å². The standard InChI is InChI=1S/C20H16N4O2S3/c25-18(22-21-11-16-8-4-10-26-16)13-28-20-24-23-19(29-20)27-12-15-7-3-6-14-5-1-2-9-17(14)15/h1-11H,12-13H2,(H,22,25)/b21-11+. The Kier molecular flexibility index (Phi) is 6.60. The second-order valence-corrected chi connectivity index (χ2v) is 9.28. The van der Waals surface area contributed by atoms with Gasteiger partial charge in [0.1, 0.15) is 5.76 Å². The second-order valence-electron chi connectivity index (χ2n) is 5.86. The molecule has 0 unspecified atom stereocenters. The van der Waals surface area contributed by atoms with Gasteiger partial charge in [-0.15, -0.1) is 10.2 Å². The molecule has 0 saturated heterocycles. The Morgan fingerprint density at radius 3 is 2.76 bits per heavy atom. The number of carbonyl (C=O) groups excluding carboxylic acids is 1. The fourth-order valence-electron chi connectivity index (χ4n) is 2.56. The van der Waals surface area contributed by atoms with Gasteiger partial charge >= 0.3 is 0 Å². The molecule has 0 spiro atoms. The molecular formula is C20H16N4O2S3. The van der Waals surface area contributed by atoms with E-state index in [1.807, 2.05) is 6.07 Å². The minimum absolute atomic E-state index is 0.210. The number of hydrogen-bond acceptors (Lipinski definition) is 8. The Balaban J connectivity index is 1.26. The van der Waals surface area contributed by atoms with Gasteiger partial charge in [0.25, 0.3) is 5.91 Å². The highest BCUT2D eigenvalue weighted by Crippen LogP contribution is 2.32. The highest BCUT2D eigenvalue weighted by atomic mass is 32.2. The molecule has 1 N–H and O–H groups in total. The number of fused-ring (bicyclic) bond motifs is 1. The number of amides is 1. The number of thioether (sulfide) groups is 2. The number of rotatable bonds is 8. The lowest BCUT2D eigenvalue weighted by Crippen LogP contribution is -2.19. The van der Waals surface area contributed by atoms with Crippen molar-refractivity contribution in [2.75, 3.05) is 5.75 Å². The molecule has 0 aliphatic carbocycles. The summed E-state index contributed by atoms with van der Waals surface area (Å²) < 4.78 is 6.75. The number of carbonyl (C=O) groups is 1. The van der Waals surface area contributed by atoms with Crippen LogP contribution in [0.3, 0.4) is 0 Å². The van der Waals surface area contributed by atoms with E-state index < -0.39 is 0 Å². The molecule has 2 aromatic carbocycles.